The third-order valence-electron chi connectivity index (χ3n) is 1.46. The molecule has 0 aliphatic rings. The molecular formula is C7H3F4NO2. The highest BCUT2D eigenvalue weighted by molar-refractivity contribution is 5.89. The highest BCUT2D eigenvalue weighted by atomic mass is 19.3. The highest BCUT2D eigenvalue weighted by Gasteiger charge is 2.25. The van der Waals surface area contributed by atoms with Crippen molar-refractivity contribution in [2.24, 2.45) is 0 Å². The molecule has 0 radical (unpaired) electrons. The lowest BCUT2D eigenvalue weighted by Crippen LogP contribution is -2.09. The zero-order chi connectivity index (χ0) is 10.9. The van der Waals surface area contributed by atoms with Crippen molar-refractivity contribution in [2.75, 3.05) is 0 Å². The van der Waals surface area contributed by atoms with E-state index in [1.165, 1.54) is 0 Å². The lowest BCUT2D eigenvalue weighted by Gasteiger charge is -2.05. The summed E-state index contributed by atoms with van der Waals surface area (Å²) in [7, 11) is 0. The van der Waals surface area contributed by atoms with Crippen molar-refractivity contribution in [3.05, 3.63) is 29.1 Å². The molecule has 0 unspecified atom stereocenters. The Bertz CT molecular complexity index is 380. The van der Waals surface area contributed by atoms with E-state index in [1.54, 1.807) is 0 Å². The van der Waals surface area contributed by atoms with Gasteiger partial charge in [0.15, 0.2) is 5.82 Å². The number of aromatic carboxylic acids is 1. The predicted molar refractivity (Wildman–Crippen MR) is 36.1 cm³/mol. The fraction of sp³-hybridized carbons (Fsp3) is 0.143. The van der Waals surface area contributed by atoms with E-state index in [1.807, 2.05) is 0 Å². The van der Waals surface area contributed by atoms with Crippen LogP contribution in [-0.2, 0) is 0 Å². The van der Waals surface area contributed by atoms with E-state index in [0.717, 1.165) is 0 Å². The Kier molecular flexibility index (Phi) is 2.68. The zero-order valence-electron chi connectivity index (χ0n) is 6.47. The molecule has 0 spiro atoms. The van der Waals surface area contributed by atoms with Gasteiger partial charge in [-0.3, -0.25) is 0 Å². The number of hydrogen-bond acceptors (Lipinski definition) is 2. The van der Waals surface area contributed by atoms with E-state index in [4.69, 9.17) is 5.11 Å². The summed E-state index contributed by atoms with van der Waals surface area (Å²) < 4.78 is 49.3. The molecule has 0 atom stereocenters. The second kappa shape index (κ2) is 3.60. The summed E-state index contributed by atoms with van der Waals surface area (Å²) in [6, 6.07) is 0. The van der Waals surface area contributed by atoms with E-state index in [9.17, 15) is 22.4 Å². The Morgan fingerprint density at radius 3 is 2.43 bits per heavy atom. The number of pyridine rings is 1. The third kappa shape index (κ3) is 1.66. The Hall–Kier alpha value is -1.66. The van der Waals surface area contributed by atoms with Crippen molar-refractivity contribution in [2.45, 2.75) is 6.43 Å². The second-order valence-corrected chi connectivity index (χ2v) is 2.30. The average Bonchev–Trinajstić information content (AvgIpc) is 2.08. The molecule has 76 valence electrons. The van der Waals surface area contributed by atoms with Gasteiger partial charge in [-0.1, -0.05) is 0 Å². The standard InChI is InChI=1S/C7H3F4NO2/c8-4-3(5(9)10)2(7(13)14)1-12-6(4)11/h1,5H,(H,13,14). The lowest BCUT2D eigenvalue weighted by atomic mass is 10.1. The van der Waals surface area contributed by atoms with Crippen molar-refractivity contribution >= 4 is 5.97 Å². The van der Waals surface area contributed by atoms with Gasteiger partial charge in [-0.25, -0.2) is 22.9 Å². The molecular weight excluding hydrogens is 206 g/mol. The molecule has 0 aliphatic carbocycles. The summed E-state index contributed by atoms with van der Waals surface area (Å²) in [6.45, 7) is 0. The minimum Gasteiger partial charge on any atom is -0.478 e. The predicted octanol–water partition coefficient (Wildman–Crippen LogP) is 2.00. The minimum atomic E-state index is -3.40. The molecule has 0 saturated carbocycles. The Labute approximate surface area is 75.0 Å². The van der Waals surface area contributed by atoms with E-state index in [-0.39, 0.29) is 0 Å². The first-order valence-corrected chi connectivity index (χ1v) is 3.30. The molecule has 0 amide bonds. The first-order valence-electron chi connectivity index (χ1n) is 3.30. The van der Waals surface area contributed by atoms with Crippen molar-refractivity contribution < 1.29 is 27.5 Å². The van der Waals surface area contributed by atoms with Crippen LogP contribution in [0.2, 0.25) is 0 Å². The molecule has 0 bridgehead atoms. The molecule has 0 aliphatic heterocycles. The van der Waals surface area contributed by atoms with Crippen molar-refractivity contribution in [3.8, 4) is 0 Å². The van der Waals surface area contributed by atoms with Crippen LogP contribution in [0.5, 0.6) is 0 Å². The summed E-state index contributed by atoms with van der Waals surface area (Å²) in [4.78, 5) is 13.0. The number of halogens is 4. The van der Waals surface area contributed by atoms with Crippen LogP contribution >= 0.6 is 0 Å². The quantitative estimate of drug-likeness (QED) is 0.598. The van der Waals surface area contributed by atoms with Crippen LogP contribution in [0.1, 0.15) is 22.3 Å². The molecule has 3 nitrogen and oxygen atoms in total. The minimum absolute atomic E-state index is 0.349. The van der Waals surface area contributed by atoms with Gasteiger partial charge in [0.1, 0.15) is 0 Å². The summed E-state index contributed by atoms with van der Waals surface area (Å²) in [5, 5.41) is 8.37. The highest BCUT2D eigenvalue weighted by Crippen LogP contribution is 2.26. The first-order chi connectivity index (χ1) is 6.45. The number of hydrogen-bond donors (Lipinski definition) is 1. The molecule has 0 aromatic carbocycles. The van der Waals surface area contributed by atoms with E-state index >= 15 is 0 Å². The Balaban J connectivity index is 3.45. The van der Waals surface area contributed by atoms with Gasteiger partial charge >= 0.3 is 5.97 Å². The Morgan fingerprint density at radius 2 is 2.00 bits per heavy atom. The number of alkyl halides is 2. The topological polar surface area (TPSA) is 50.2 Å². The molecule has 0 saturated heterocycles. The monoisotopic (exact) mass is 209 g/mol. The van der Waals surface area contributed by atoms with Crippen molar-refractivity contribution in [1.29, 1.82) is 0 Å². The molecule has 1 N–H and O–H groups in total. The molecule has 14 heavy (non-hydrogen) atoms. The van der Waals surface area contributed by atoms with Crippen LogP contribution in [0.15, 0.2) is 6.20 Å². The van der Waals surface area contributed by atoms with Crippen LogP contribution in [0, 0.1) is 11.8 Å². The van der Waals surface area contributed by atoms with E-state index in [2.05, 4.69) is 4.98 Å². The molecule has 7 heteroatoms. The third-order valence-corrected chi connectivity index (χ3v) is 1.46. The van der Waals surface area contributed by atoms with E-state index < -0.39 is 35.3 Å². The molecule has 1 aromatic rings. The van der Waals surface area contributed by atoms with Crippen molar-refractivity contribution in [3.63, 3.8) is 0 Å². The van der Waals surface area contributed by atoms with Gasteiger partial charge in [-0.05, 0) is 0 Å². The van der Waals surface area contributed by atoms with Gasteiger partial charge < -0.3 is 5.11 Å². The summed E-state index contributed by atoms with van der Waals surface area (Å²) in [5.74, 6) is -5.46. The van der Waals surface area contributed by atoms with E-state index in [0.29, 0.717) is 6.20 Å². The van der Waals surface area contributed by atoms with Crippen LogP contribution in [0.25, 0.3) is 0 Å². The maximum atomic E-state index is 12.7. The SMILES string of the molecule is O=C(O)c1cnc(F)c(F)c1C(F)F. The van der Waals surface area contributed by atoms with Crippen LogP contribution in [0.4, 0.5) is 17.6 Å². The van der Waals surface area contributed by atoms with Gasteiger partial charge in [0.05, 0.1) is 11.1 Å². The number of rotatable bonds is 2. The largest absolute Gasteiger partial charge is 0.478 e. The lowest BCUT2D eigenvalue weighted by molar-refractivity contribution is 0.0680. The van der Waals surface area contributed by atoms with Gasteiger partial charge in [-0.2, -0.15) is 4.39 Å². The van der Waals surface area contributed by atoms with Crippen molar-refractivity contribution in [1.82, 2.24) is 4.98 Å². The molecule has 1 aromatic heterocycles. The van der Waals surface area contributed by atoms with Crippen LogP contribution in [0.3, 0.4) is 0 Å². The molecule has 0 fully saturated rings. The Morgan fingerprint density at radius 1 is 1.43 bits per heavy atom. The average molecular weight is 209 g/mol. The number of nitrogens with zero attached hydrogens (tertiary/aromatic N) is 1. The maximum absolute atomic E-state index is 12.7. The molecule has 1 rings (SSSR count). The normalized spacial score (nSPS) is 10.6. The van der Waals surface area contributed by atoms with Gasteiger partial charge in [-0.15, -0.1) is 0 Å². The van der Waals surface area contributed by atoms with Gasteiger partial charge in [0.25, 0.3) is 6.43 Å². The number of carboxylic acid groups (broad SMARTS) is 1. The zero-order valence-corrected chi connectivity index (χ0v) is 6.47. The number of carbonyl (C=O) groups is 1. The summed E-state index contributed by atoms with van der Waals surface area (Å²) in [6.07, 6.45) is -3.05. The number of aromatic nitrogens is 1. The summed E-state index contributed by atoms with van der Waals surface area (Å²) >= 11 is 0. The maximum Gasteiger partial charge on any atom is 0.337 e. The molecule has 1 heterocycles. The smallest absolute Gasteiger partial charge is 0.337 e. The van der Waals surface area contributed by atoms with Gasteiger partial charge in [0.2, 0.25) is 5.95 Å². The first kappa shape index (κ1) is 10.4. The fourth-order valence-electron chi connectivity index (χ4n) is 0.861. The van der Waals surface area contributed by atoms with Crippen LogP contribution in [-0.4, -0.2) is 16.1 Å². The van der Waals surface area contributed by atoms with Gasteiger partial charge in [0, 0.05) is 6.20 Å². The fourth-order valence-corrected chi connectivity index (χ4v) is 0.861. The second-order valence-electron chi connectivity index (χ2n) is 2.30. The summed E-state index contributed by atoms with van der Waals surface area (Å²) in [5.41, 5.74) is -2.52. The van der Waals surface area contributed by atoms with Crippen LogP contribution < -0.4 is 0 Å². The number of carboxylic acids is 1.